The molecule has 0 fully saturated rings. The third-order valence-electron chi connectivity index (χ3n) is 3.91. The van der Waals surface area contributed by atoms with Crippen LogP contribution in [0.5, 0.6) is 11.5 Å². The molecule has 140 valence electrons. The third kappa shape index (κ3) is 6.60. The fourth-order valence-corrected chi connectivity index (χ4v) is 2.74. The third-order valence-corrected chi connectivity index (χ3v) is 4.15. The lowest BCUT2D eigenvalue weighted by atomic mass is 10.1. The van der Waals surface area contributed by atoms with Gasteiger partial charge in [0.2, 0.25) is 0 Å². The molecule has 5 heteroatoms. The Kier molecular flexibility index (Phi) is 8.29. The van der Waals surface area contributed by atoms with Gasteiger partial charge < -0.3 is 14.8 Å². The van der Waals surface area contributed by atoms with Gasteiger partial charge in [-0.25, -0.2) is 0 Å². The number of hydrogen-bond donors (Lipinski definition) is 1. The van der Waals surface area contributed by atoms with Crippen molar-refractivity contribution >= 4 is 17.5 Å². The second-order valence-electron chi connectivity index (χ2n) is 5.94. The standard InChI is InChI=1S/C21H26ClNO3/c1-3-20(26-19-9-5-8-17(22)15-19)21(24)23-14-6-7-16-10-12-18(13-11-16)25-4-2/h5,8-13,15,20H,3-4,6-7,14H2,1-2H3,(H,23,24)/t20-/m0/s1. The molecule has 0 unspecified atom stereocenters. The second kappa shape index (κ2) is 10.7. The summed E-state index contributed by atoms with van der Waals surface area (Å²) in [5.74, 6) is 1.39. The van der Waals surface area contributed by atoms with Crippen molar-refractivity contribution in [3.8, 4) is 11.5 Å². The topological polar surface area (TPSA) is 47.6 Å². The number of benzene rings is 2. The second-order valence-corrected chi connectivity index (χ2v) is 6.38. The van der Waals surface area contributed by atoms with Gasteiger partial charge in [0.25, 0.3) is 5.91 Å². The molecule has 1 N–H and O–H groups in total. The summed E-state index contributed by atoms with van der Waals surface area (Å²) in [7, 11) is 0. The first kappa shape index (κ1) is 20.1. The van der Waals surface area contributed by atoms with Crippen LogP contribution in [0, 0.1) is 0 Å². The highest BCUT2D eigenvalue weighted by Gasteiger charge is 2.17. The quantitative estimate of drug-likeness (QED) is 0.615. The number of aryl methyl sites for hydroxylation is 1. The highest BCUT2D eigenvalue weighted by molar-refractivity contribution is 6.30. The van der Waals surface area contributed by atoms with Crippen molar-refractivity contribution in [1.82, 2.24) is 5.32 Å². The predicted molar refractivity (Wildman–Crippen MR) is 105 cm³/mol. The van der Waals surface area contributed by atoms with Crippen LogP contribution < -0.4 is 14.8 Å². The zero-order chi connectivity index (χ0) is 18.8. The minimum atomic E-state index is -0.515. The minimum absolute atomic E-state index is 0.0980. The van der Waals surface area contributed by atoms with E-state index in [0.29, 0.717) is 30.3 Å². The van der Waals surface area contributed by atoms with Crippen LogP contribution in [0.3, 0.4) is 0 Å². The van der Waals surface area contributed by atoms with E-state index in [0.717, 1.165) is 18.6 Å². The van der Waals surface area contributed by atoms with Crippen LogP contribution in [0.2, 0.25) is 5.02 Å². The van der Waals surface area contributed by atoms with E-state index in [1.54, 1.807) is 24.3 Å². The smallest absolute Gasteiger partial charge is 0.261 e. The van der Waals surface area contributed by atoms with Crippen molar-refractivity contribution in [2.45, 2.75) is 39.2 Å². The number of rotatable bonds is 10. The molecule has 2 rings (SSSR count). The lowest BCUT2D eigenvalue weighted by Crippen LogP contribution is -2.38. The lowest BCUT2D eigenvalue weighted by Gasteiger charge is -2.17. The molecule has 0 aromatic heterocycles. The first-order chi connectivity index (χ1) is 12.6. The monoisotopic (exact) mass is 375 g/mol. The van der Waals surface area contributed by atoms with Gasteiger partial charge in [-0.2, -0.15) is 0 Å². The Hall–Kier alpha value is -2.20. The number of carbonyl (C=O) groups excluding carboxylic acids is 1. The van der Waals surface area contributed by atoms with Gasteiger partial charge >= 0.3 is 0 Å². The molecule has 4 nitrogen and oxygen atoms in total. The Labute approximate surface area is 160 Å². The molecule has 26 heavy (non-hydrogen) atoms. The van der Waals surface area contributed by atoms with Crippen molar-refractivity contribution in [2.24, 2.45) is 0 Å². The average Bonchev–Trinajstić information content (AvgIpc) is 2.64. The van der Waals surface area contributed by atoms with Gasteiger partial charge in [-0.3, -0.25) is 4.79 Å². The maximum atomic E-state index is 12.3. The van der Waals surface area contributed by atoms with Crippen LogP contribution in [0.15, 0.2) is 48.5 Å². The van der Waals surface area contributed by atoms with Gasteiger partial charge in [-0.05, 0) is 62.1 Å². The minimum Gasteiger partial charge on any atom is -0.494 e. The summed E-state index contributed by atoms with van der Waals surface area (Å²) >= 11 is 5.95. The zero-order valence-corrected chi connectivity index (χ0v) is 16.1. The van der Waals surface area contributed by atoms with Crippen molar-refractivity contribution in [3.05, 3.63) is 59.1 Å². The number of ether oxygens (including phenoxy) is 2. The molecule has 0 radical (unpaired) electrons. The molecule has 0 aliphatic rings. The first-order valence-corrected chi connectivity index (χ1v) is 9.41. The summed E-state index contributed by atoms with van der Waals surface area (Å²) < 4.78 is 11.2. The van der Waals surface area contributed by atoms with Crippen LogP contribution in [0.4, 0.5) is 0 Å². The maximum absolute atomic E-state index is 12.3. The molecule has 2 aromatic rings. The normalized spacial score (nSPS) is 11.7. The predicted octanol–water partition coefficient (Wildman–Crippen LogP) is 4.65. The summed E-state index contributed by atoms with van der Waals surface area (Å²) in [6.07, 6.45) is 1.85. The average molecular weight is 376 g/mol. The molecule has 0 heterocycles. The van der Waals surface area contributed by atoms with E-state index in [4.69, 9.17) is 21.1 Å². The van der Waals surface area contributed by atoms with Crippen molar-refractivity contribution in [1.29, 1.82) is 0 Å². The van der Waals surface area contributed by atoms with Gasteiger partial charge in [0.1, 0.15) is 11.5 Å². The molecule has 0 saturated carbocycles. The molecule has 2 aromatic carbocycles. The first-order valence-electron chi connectivity index (χ1n) is 9.04. The van der Waals surface area contributed by atoms with Crippen molar-refractivity contribution in [2.75, 3.05) is 13.2 Å². The summed E-state index contributed by atoms with van der Waals surface area (Å²) in [6.45, 7) is 5.17. The Bertz CT molecular complexity index is 688. The molecule has 1 atom stereocenters. The van der Waals surface area contributed by atoms with Crippen LogP contribution in [-0.2, 0) is 11.2 Å². The largest absolute Gasteiger partial charge is 0.494 e. The Morgan fingerprint density at radius 3 is 2.54 bits per heavy atom. The summed E-state index contributed by atoms with van der Waals surface area (Å²) in [5, 5.41) is 3.54. The maximum Gasteiger partial charge on any atom is 0.261 e. The molecular formula is C21H26ClNO3. The summed E-state index contributed by atoms with van der Waals surface area (Å²) in [4.78, 5) is 12.3. The molecule has 0 aliphatic heterocycles. The van der Waals surface area contributed by atoms with E-state index in [9.17, 15) is 4.79 Å². The summed E-state index contributed by atoms with van der Waals surface area (Å²) in [6, 6.07) is 15.2. The summed E-state index contributed by atoms with van der Waals surface area (Å²) in [5.41, 5.74) is 1.23. The van der Waals surface area contributed by atoms with Gasteiger partial charge in [0.15, 0.2) is 6.10 Å². The Morgan fingerprint density at radius 2 is 1.88 bits per heavy atom. The van der Waals surface area contributed by atoms with Crippen LogP contribution in [0.25, 0.3) is 0 Å². The SMILES string of the molecule is CCOc1ccc(CCCNC(=O)[C@H](CC)Oc2cccc(Cl)c2)cc1. The van der Waals surface area contributed by atoms with Crippen LogP contribution in [0.1, 0.15) is 32.3 Å². The van der Waals surface area contributed by atoms with E-state index >= 15 is 0 Å². The van der Waals surface area contributed by atoms with Crippen molar-refractivity contribution in [3.63, 3.8) is 0 Å². The van der Waals surface area contributed by atoms with Crippen molar-refractivity contribution < 1.29 is 14.3 Å². The lowest BCUT2D eigenvalue weighted by molar-refractivity contribution is -0.128. The molecule has 0 bridgehead atoms. The Morgan fingerprint density at radius 1 is 1.12 bits per heavy atom. The fraction of sp³-hybridized carbons (Fsp3) is 0.381. The number of hydrogen-bond acceptors (Lipinski definition) is 3. The van der Waals surface area contributed by atoms with Crippen LogP contribution >= 0.6 is 11.6 Å². The highest BCUT2D eigenvalue weighted by atomic mass is 35.5. The molecule has 0 aliphatic carbocycles. The molecule has 1 amide bonds. The van der Waals surface area contributed by atoms with E-state index in [-0.39, 0.29) is 5.91 Å². The number of amides is 1. The van der Waals surface area contributed by atoms with Gasteiger partial charge in [0.05, 0.1) is 6.61 Å². The Balaban J connectivity index is 1.74. The fourth-order valence-electron chi connectivity index (χ4n) is 2.56. The van der Waals surface area contributed by atoms with E-state index in [1.807, 2.05) is 26.0 Å². The number of nitrogens with one attached hydrogen (secondary N) is 1. The molecular weight excluding hydrogens is 350 g/mol. The van der Waals surface area contributed by atoms with Gasteiger partial charge in [0, 0.05) is 11.6 Å². The number of halogens is 1. The molecule has 0 saturated heterocycles. The number of carbonyl (C=O) groups is 1. The van der Waals surface area contributed by atoms with E-state index < -0.39 is 6.10 Å². The van der Waals surface area contributed by atoms with Gasteiger partial charge in [-0.1, -0.05) is 36.7 Å². The van der Waals surface area contributed by atoms with Gasteiger partial charge in [-0.15, -0.1) is 0 Å². The highest BCUT2D eigenvalue weighted by Crippen LogP contribution is 2.19. The zero-order valence-electron chi connectivity index (χ0n) is 15.3. The molecule has 0 spiro atoms. The van der Waals surface area contributed by atoms with E-state index in [2.05, 4.69) is 17.4 Å². The van der Waals surface area contributed by atoms with Crippen LogP contribution in [-0.4, -0.2) is 25.2 Å². The van der Waals surface area contributed by atoms with E-state index in [1.165, 1.54) is 5.56 Å².